The Bertz CT molecular complexity index is 172. The standard InChI is InChI=1S/C7H12F3NOS/c1-5(13-2)3-4-11-6(12)7(8,9)10/h5H,3-4H2,1-2H3,(H,11,12). The Labute approximate surface area is 79.3 Å². The molecule has 1 unspecified atom stereocenters. The van der Waals surface area contributed by atoms with Crippen LogP contribution in [0.5, 0.6) is 0 Å². The van der Waals surface area contributed by atoms with Crippen molar-refractivity contribution in [2.75, 3.05) is 12.8 Å². The summed E-state index contributed by atoms with van der Waals surface area (Å²) in [5.74, 6) is -1.86. The van der Waals surface area contributed by atoms with Crippen molar-refractivity contribution in [3.63, 3.8) is 0 Å². The van der Waals surface area contributed by atoms with Gasteiger partial charge in [-0.05, 0) is 12.7 Å². The Hall–Kier alpha value is -0.390. The predicted octanol–water partition coefficient (Wildman–Crippen LogP) is 1.81. The Balaban J connectivity index is 3.60. The first-order valence-corrected chi connectivity index (χ1v) is 5.04. The molecule has 0 heterocycles. The van der Waals surface area contributed by atoms with Gasteiger partial charge in [0.05, 0.1) is 0 Å². The van der Waals surface area contributed by atoms with Crippen LogP contribution in [-0.2, 0) is 4.79 Å². The summed E-state index contributed by atoms with van der Waals surface area (Å²) < 4.78 is 34.9. The van der Waals surface area contributed by atoms with Crippen molar-refractivity contribution in [3.8, 4) is 0 Å². The van der Waals surface area contributed by atoms with Gasteiger partial charge in [0.15, 0.2) is 0 Å². The van der Waals surface area contributed by atoms with Crippen LogP contribution < -0.4 is 5.32 Å². The highest BCUT2D eigenvalue weighted by molar-refractivity contribution is 7.99. The monoisotopic (exact) mass is 215 g/mol. The molecule has 0 saturated carbocycles. The fourth-order valence-electron chi connectivity index (χ4n) is 0.607. The molecule has 6 heteroatoms. The van der Waals surface area contributed by atoms with Gasteiger partial charge in [0.2, 0.25) is 0 Å². The van der Waals surface area contributed by atoms with Crippen molar-refractivity contribution < 1.29 is 18.0 Å². The number of thioether (sulfide) groups is 1. The maximum absolute atomic E-state index is 11.6. The molecular weight excluding hydrogens is 203 g/mol. The van der Waals surface area contributed by atoms with Gasteiger partial charge in [0.25, 0.3) is 0 Å². The molecule has 0 rings (SSSR count). The summed E-state index contributed by atoms with van der Waals surface area (Å²) in [6.07, 6.45) is -2.35. The highest BCUT2D eigenvalue weighted by atomic mass is 32.2. The zero-order valence-corrected chi connectivity index (χ0v) is 8.26. The smallest absolute Gasteiger partial charge is 0.348 e. The number of rotatable bonds is 4. The Morgan fingerprint density at radius 1 is 1.54 bits per heavy atom. The van der Waals surface area contributed by atoms with Crippen LogP contribution in [0.4, 0.5) is 13.2 Å². The van der Waals surface area contributed by atoms with Crippen LogP contribution in [0.2, 0.25) is 0 Å². The van der Waals surface area contributed by atoms with Crippen LogP contribution in [0.3, 0.4) is 0 Å². The third-order valence-corrected chi connectivity index (χ3v) is 2.54. The molecule has 0 fully saturated rings. The van der Waals surface area contributed by atoms with E-state index >= 15 is 0 Å². The molecule has 0 aromatic rings. The van der Waals surface area contributed by atoms with Crippen LogP contribution in [0.1, 0.15) is 13.3 Å². The van der Waals surface area contributed by atoms with E-state index < -0.39 is 12.1 Å². The van der Waals surface area contributed by atoms with Gasteiger partial charge in [-0.25, -0.2) is 0 Å². The number of hydrogen-bond donors (Lipinski definition) is 1. The minimum Gasteiger partial charge on any atom is -0.348 e. The molecule has 0 aromatic heterocycles. The molecule has 0 spiro atoms. The predicted molar refractivity (Wildman–Crippen MR) is 46.7 cm³/mol. The maximum Gasteiger partial charge on any atom is 0.471 e. The zero-order valence-electron chi connectivity index (χ0n) is 7.44. The molecule has 0 aromatic carbocycles. The summed E-state index contributed by atoms with van der Waals surface area (Å²) in [5, 5.41) is 2.07. The van der Waals surface area contributed by atoms with E-state index in [-0.39, 0.29) is 11.8 Å². The minimum absolute atomic E-state index is 0.0698. The summed E-state index contributed by atoms with van der Waals surface area (Å²) >= 11 is 1.55. The molecule has 0 radical (unpaired) electrons. The molecule has 1 N–H and O–H groups in total. The van der Waals surface area contributed by atoms with E-state index in [0.29, 0.717) is 6.42 Å². The molecule has 0 aliphatic heterocycles. The lowest BCUT2D eigenvalue weighted by Gasteiger charge is -2.10. The lowest BCUT2D eigenvalue weighted by atomic mass is 10.3. The minimum atomic E-state index is -4.76. The molecule has 1 amide bonds. The molecule has 13 heavy (non-hydrogen) atoms. The van der Waals surface area contributed by atoms with Crippen molar-refractivity contribution in [3.05, 3.63) is 0 Å². The van der Waals surface area contributed by atoms with Crippen LogP contribution in [0.15, 0.2) is 0 Å². The Morgan fingerprint density at radius 2 is 2.08 bits per heavy atom. The Kier molecular flexibility index (Phi) is 5.20. The van der Waals surface area contributed by atoms with Crippen molar-refractivity contribution in [1.29, 1.82) is 0 Å². The average Bonchev–Trinajstić information content (AvgIpc) is 2.02. The fraction of sp³-hybridized carbons (Fsp3) is 0.857. The van der Waals surface area contributed by atoms with Gasteiger partial charge in [0.1, 0.15) is 0 Å². The summed E-state index contributed by atoms with van der Waals surface area (Å²) in [5.41, 5.74) is 0. The third kappa shape index (κ3) is 5.79. The van der Waals surface area contributed by atoms with Gasteiger partial charge in [-0.1, -0.05) is 6.92 Å². The molecule has 0 saturated heterocycles. The number of carbonyl (C=O) groups excluding carboxylic acids is 1. The number of alkyl halides is 3. The first-order valence-electron chi connectivity index (χ1n) is 3.75. The number of hydrogen-bond acceptors (Lipinski definition) is 2. The second kappa shape index (κ2) is 5.36. The average molecular weight is 215 g/mol. The number of nitrogens with one attached hydrogen (secondary N) is 1. The van der Waals surface area contributed by atoms with Gasteiger partial charge >= 0.3 is 12.1 Å². The van der Waals surface area contributed by atoms with E-state index in [2.05, 4.69) is 0 Å². The molecule has 1 atom stereocenters. The molecule has 0 aliphatic rings. The summed E-state index contributed by atoms with van der Waals surface area (Å²) in [6.45, 7) is 1.96. The second-order valence-corrected chi connectivity index (χ2v) is 3.86. The first-order chi connectivity index (χ1) is 5.88. The van der Waals surface area contributed by atoms with Crippen LogP contribution in [0.25, 0.3) is 0 Å². The molecule has 0 aliphatic carbocycles. The highest BCUT2D eigenvalue weighted by Gasteiger charge is 2.38. The molecule has 2 nitrogen and oxygen atoms in total. The van der Waals surface area contributed by atoms with E-state index in [4.69, 9.17) is 0 Å². The van der Waals surface area contributed by atoms with Crippen LogP contribution in [-0.4, -0.2) is 30.1 Å². The lowest BCUT2D eigenvalue weighted by molar-refractivity contribution is -0.173. The highest BCUT2D eigenvalue weighted by Crippen LogP contribution is 2.14. The fourth-order valence-corrected chi connectivity index (χ4v) is 0.961. The molecule has 78 valence electrons. The Morgan fingerprint density at radius 3 is 2.46 bits per heavy atom. The van der Waals surface area contributed by atoms with Gasteiger partial charge in [-0.2, -0.15) is 24.9 Å². The topological polar surface area (TPSA) is 29.1 Å². The molecular formula is C7H12F3NOS. The number of halogens is 3. The summed E-state index contributed by atoms with van der Waals surface area (Å²) in [7, 11) is 0. The quantitative estimate of drug-likeness (QED) is 0.774. The van der Waals surface area contributed by atoms with E-state index in [9.17, 15) is 18.0 Å². The number of carbonyl (C=O) groups is 1. The van der Waals surface area contributed by atoms with E-state index in [1.165, 1.54) is 0 Å². The number of amides is 1. The lowest BCUT2D eigenvalue weighted by Crippen LogP contribution is -2.37. The molecule has 0 bridgehead atoms. The van der Waals surface area contributed by atoms with Crippen LogP contribution in [0, 0.1) is 0 Å². The van der Waals surface area contributed by atoms with Gasteiger partial charge in [-0.3, -0.25) is 4.79 Å². The normalized spacial score (nSPS) is 13.9. The van der Waals surface area contributed by atoms with Gasteiger partial charge < -0.3 is 5.32 Å². The summed E-state index contributed by atoms with van der Waals surface area (Å²) in [4.78, 5) is 10.3. The third-order valence-electron chi connectivity index (χ3n) is 1.50. The van der Waals surface area contributed by atoms with E-state index in [1.54, 1.807) is 11.8 Å². The van der Waals surface area contributed by atoms with E-state index in [1.807, 2.05) is 18.5 Å². The largest absolute Gasteiger partial charge is 0.471 e. The van der Waals surface area contributed by atoms with Crippen molar-refractivity contribution in [2.24, 2.45) is 0 Å². The first kappa shape index (κ1) is 12.6. The summed E-state index contributed by atoms with van der Waals surface area (Å²) in [6, 6.07) is 0. The van der Waals surface area contributed by atoms with Crippen molar-refractivity contribution >= 4 is 17.7 Å². The second-order valence-electron chi connectivity index (χ2n) is 2.59. The maximum atomic E-state index is 11.6. The van der Waals surface area contributed by atoms with Crippen LogP contribution >= 0.6 is 11.8 Å². The zero-order chi connectivity index (χ0) is 10.5. The van der Waals surface area contributed by atoms with Gasteiger partial charge in [0, 0.05) is 11.8 Å². The van der Waals surface area contributed by atoms with Crippen molar-refractivity contribution in [2.45, 2.75) is 24.8 Å². The van der Waals surface area contributed by atoms with Crippen molar-refractivity contribution in [1.82, 2.24) is 5.32 Å². The van der Waals surface area contributed by atoms with Gasteiger partial charge in [-0.15, -0.1) is 0 Å². The van der Waals surface area contributed by atoms with E-state index in [0.717, 1.165) is 0 Å². The SMILES string of the molecule is CSC(C)CCNC(=O)C(F)(F)F.